The zero-order valence-electron chi connectivity index (χ0n) is 9.80. The van der Waals surface area contributed by atoms with Crippen molar-refractivity contribution in [1.29, 1.82) is 0 Å². The molecule has 1 aromatic carbocycles. The van der Waals surface area contributed by atoms with Gasteiger partial charge in [-0.3, -0.25) is 4.79 Å². The first-order valence-corrected chi connectivity index (χ1v) is 6.00. The second kappa shape index (κ2) is 5.42. The minimum Gasteiger partial charge on any atom is -0.475 e. The Bertz CT molecular complexity index is 676. The molecule has 2 N–H and O–H groups in total. The van der Waals surface area contributed by atoms with Crippen LogP contribution in [0, 0.1) is 0 Å². The van der Waals surface area contributed by atoms with E-state index in [-0.39, 0.29) is 18.6 Å². The van der Waals surface area contributed by atoms with Gasteiger partial charge in [-0.15, -0.1) is 11.6 Å². The van der Waals surface area contributed by atoms with Crippen LogP contribution < -0.4 is 5.43 Å². The quantitative estimate of drug-likeness (QED) is 0.832. The van der Waals surface area contributed by atoms with Gasteiger partial charge in [0.15, 0.2) is 5.43 Å². The normalized spacial score (nSPS) is 12.5. The molecule has 0 aliphatic rings. The molecule has 0 aliphatic heterocycles. The zero-order valence-corrected chi connectivity index (χ0v) is 10.6. The maximum Gasteiger partial charge on any atom is 0.371 e. The fraction of sp³-hybridized carbons (Fsp3) is 0.231. The first-order valence-electron chi connectivity index (χ1n) is 5.57. The maximum atomic E-state index is 11.8. The lowest BCUT2D eigenvalue weighted by Crippen LogP contribution is -2.11. The highest BCUT2D eigenvalue weighted by Gasteiger charge is 2.15. The molecular formula is C13H11ClO5. The van der Waals surface area contributed by atoms with Crippen molar-refractivity contribution in [2.45, 2.75) is 11.8 Å². The smallest absolute Gasteiger partial charge is 0.371 e. The summed E-state index contributed by atoms with van der Waals surface area (Å²) < 4.78 is 5.24. The minimum absolute atomic E-state index is 0.200. The molecule has 1 atom stereocenters. The summed E-state index contributed by atoms with van der Waals surface area (Å²) in [6, 6.07) is 5.84. The third-order valence-corrected chi connectivity index (χ3v) is 2.98. The summed E-state index contributed by atoms with van der Waals surface area (Å²) in [4.78, 5) is 22.7. The lowest BCUT2D eigenvalue weighted by molar-refractivity contribution is 0.0663. The third kappa shape index (κ3) is 2.77. The van der Waals surface area contributed by atoms with Gasteiger partial charge in [0.25, 0.3) is 0 Å². The van der Waals surface area contributed by atoms with Gasteiger partial charge in [-0.1, -0.05) is 12.1 Å². The molecule has 1 unspecified atom stereocenters. The number of hydrogen-bond donors (Lipinski definition) is 2. The van der Waals surface area contributed by atoms with Crippen LogP contribution in [0.4, 0.5) is 0 Å². The van der Waals surface area contributed by atoms with E-state index in [1.165, 1.54) is 0 Å². The highest BCUT2D eigenvalue weighted by Crippen LogP contribution is 2.20. The molecule has 100 valence electrons. The van der Waals surface area contributed by atoms with Gasteiger partial charge < -0.3 is 14.6 Å². The number of carboxylic acids is 1. The number of rotatable bonds is 4. The SMILES string of the molecule is O=C(O)c1cc(=O)c2cccc(CC(Cl)CO)c2o1. The summed E-state index contributed by atoms with van der Waals surface area (Å²) in [5.41, 5.74) is 0.369. The van der Waals surface area contributed by atoms with Gasteiger partial charge in [0, 0.05) is 6.07 Å². The summed E-state index contributed by atoms with van der Waals surface area (Å²) in [5.74, 6) is -1.72. The van der Waals surface area contributed by atoms with Crippen LogP contribution >= 0.6 is 11.6 Å². The highest BCUT2D eigenvalue weighted by atomic mass is 35.5. The predicted octanol–water partition coefficient (Wildman–Crippen LogP) is 1.63. The molecule has 0 spiro atoms. The first kappa shape index (κ1) is 13.6. The highest BCUT2D eigenvalue weighted by molar-refractivity contribution is 6.20. The van der Waals surface area contributed by atoms with Crippen molar-refractivity contribution in [3.8, 4) is 0 Å². The van der Waals surface area contributed by atoms with E-state index in [0.717, 1.165) is 6.07 Å². The van der Waals surface area contributed by atoms with Gasteiger partial charge in [0.2, 0.25) is 5.76 Å². The van der Waals surface area contributed by atoms with E-state index in [1.807, 2.05) is 0 Å². The Morgan fingerprint density at radius 3 is 2.79 bits per heavy atom. The number of fused-ring (bicyclic) bond motifs is 1. The molecule has 0 aliphatic carbocycles. The maximum absolute atomic E-state index is 11.8. The van der Waals surface area contributed by atoms with Crippen LogP contribution in [-0.4, -0.2) is 28.2 Å². The standard InChI is InChI=1S/C13H11ClO5/c14-8(6-15)4-7-2-1-3-9-10(16)5-11(13(17)18)19-12(7)9/h1-3,5,8,15H,4,6H2,(H,17,18). The largest absolute Gasteiger partial charge is 0.475 e. The van der Waals surface area contributed by atoms with Gasteiger partial charge in [-0.05, 0) is 18.1 Å². The van der Waals surface area contributed by atoms with E-state index >= 15 is 0 Å². The molecule has 0 fully saturated rings. The minimum atomic E-state index is -1.31. The summed E-state index contributed by atoms with van der Waals surface area (Å²) in [5, 5.41) is 17.6. The van der Waals surface area contributed by atoms with E-state index in [4.69, 9.17) is 26.2 Å². The Hall–Kier alpha value is -1.85. The summed E-state index contributed by atoms with van der Waals surface area (Å²) in [6.45, 7) is -0.221. The molecular weight excluding hydrogens is 272 g/mol. The molecule has 5 nitrogen and oxygen atoms in total. The van der Waals surface area contributed by atoms with Crippen LogP contribution in [0.1, 0.15) is 16.1 Å². The van der Waals surface area contributed by atoms with Crippen molar-refractivity contribution in [2.24, 2.45) is 0 Å². The number of para-hydroxylation sites is 1. The molecule has 1 heterocycles. The molecule has 0 bridgehead atoms. The van der Waals surface area contributed by atoms with Gasteiger partial charge >= 0.3 is 5.97 Å². The van der Waals surface area contributed by atoms with Crippen LogP contribution in [-0.2, 0) is 6.42 Å². The second-order valence-electron chi connectivity index (χ2n) is 4.06. The topological polar surface area (TPSA) is 87.7 Å². The number of carbonyl (C=O) groups is 1. The Labute approximate surface area is 113 Å². The number of aliphatic hydroxyl groups is 1. The van der Waals surface area contributed by atoms with Crippen LogP contribution in [0.25, 0.3) is 11.0 Å². The molecule has 19 heavy (non-hydrogen) atoms. The number of alkyl halides is 1. The summed E-state index contributed by atoms with van der Waals surface area (Å²) >= 11 is 5.86. The Balaban J connectivity index is 2.65. The average molecular weight is 283 g/mol. The van der Waals surface area contributed by atoms with E-state index in [0.29, 0.717) is 10.9 Å². The van der Waals surface area contributed by atoms with E-state index < -0.39 is 22.5 Å². The van der Waals surface area contributed by atoms with E-state index in [1.54, 1.807) is 18.2 Å². The third-order valence-electron chi connectivity index (χ3n) is 2.69. The molecule has 0 radical (unpaired) electrons. The van der Waals surface area contributed by atoms with Crippen molar-refractivity contribution in [1.82, 2.24) is 0 Å². The van der Waals surface area contributed by atoms with Gasteiger partial charge in [-0.25, -0.2) is 4.79 Å². The Morgan fingerprint density at radius 2 is 2.16 bits per heavy atom. The Morgan fingerprint density at radius 1 is 1.42 bits per heavy atom. The van der Waals surface area contributed by atoms with E-state index in [2.05, 4.69) is 0 Å². The van der Waals surface area contributed by atoms with Gasteiger partial charge in [-0.2, -0.15) is 0 Å². The molecule has 2 rings (SSSR count). The fourth-order valence-electron chi connectivity index (χ4n) is 1.80. The predicted molar refractivity (Wildman–Crippen MR) is 69.9 cm³/mol. The molecule has 2 aromatic rings. The molecule has 1 aromatic heterocycles. The number of hydrogen-bond acceptors (Lipinski definition) is 4. The fourth-order valence-corrected chi connectivity index (χ4v) is 1.97. The lowest BCUT2D eigenvalue weighted by atomic mass is 10.1. The zero-order chi connectivity index (χ0) is 14.0. The van der Waals surface area contributed by atoms with Crippen LogP contribution in [0.15, 0.2) is 33.5 Å². The van der Waals surface area contributed by atoms with Crippen LogP contribution in [0.2, 0.25) is 0 Å². The van der Waals surface area contributed by atoms with E-state index in [9.17, 15) is 9.59 Å². The van der Waals surface area contributed by atoms with Gasteiger partial charge in [0.1, 0.15) is 5.58 Å². The van der Waals surface area contributed by atoms with Crippen molar-refractivity contribution in [2.75, 3.05) is 6.61 Å². The van der Waals surface area contributed by atoms with Crippen molar-refractivity contribution in [3.05, 3.63) is 45.8 Å². The number of aromatic carboxylic acids is 1. The average Bonchev–Trinajstić information content (AvgIpc) is 2.39. The number of carboxylic acid groups (broad SMARTS) is 1. The summed E-state index contributed by atoms with van der Waals surface area (Å²) in [6.07, 6.45) is 0.279. The number of benzene rings is 1. The van der Waals surface area contributed by atoms with Crippen LogP contribution in [0.5, 0.6) is 0 Å². The second-order valence-corrected chi connectivity index (χ2v) is 4.68. The molecule has 0 saturated carbocycles. The van der Waals surface area contributed by atoms with Crippen molar-refractivity contribution >= 4 is 28.5 Å². The van der Waals surface area contributed by atoms with Crippen molar-refractivity contribution < 1.29 is 19.4 Å². The van der Waals surface area contributed by atoms with Gasteiger partial charge in [0.05, 0.1) is 17.4 Å². The monoisotopic (exact) mass is 282 g/mol. The number of halogens is 1. The number of aliphatic hydroxyl groups excluding tert-OH is 1. The first-order chi connectivity index (χ1) is 9.02. The molecule has 6 heteroatoms. The summed E-state index contributed by atoms with van der Waals surface area (Å²) in [7, 11) is 0. The Kier molecular flexibility index (Phi) is 3.87. The molecule has 0 saturated heterocycles. The van der Waals surface area contributed by atoms with Crippen molar-refractivity contribution in [3.63, 3.8) is 0 Å². The molecule has 0 amide bonds. The van der Waals surface area contributed by atoms with Crippen LogP contribution in [0.3, 0.4) is 0 Å². The lowest BCUT2D eigenvalue weighted by Gasteiger charge is -2.08.